The smallest absolute Gasteiger partial charge is 0.123 e. The SMILES string of the molecule is Fc1ccc2[nH]cc(CCCCN3CCC[C@@H](Cc4ccccc4)C3)c2c1. The predicted molar refractivity (Wildman–Crippen MR) is 111 cm³/mol. The standard InChI is InChI=1S/C24H29FN2/c25-22-11-12-24-23(16-22)21(17-26-24)10-4-5-13-27-14-6-9-20(18-27)15-19-7-2-1-3-8-19/h1-3,7-8,11-12,16-17,20,26H,4-6,9-10,13-15,18H2/t20-/m0/s1. The third-order valence-electron chi connectivity index (χ3n) is 5.87. The van der Waals surface area contributed by atoms with Gasteiger partial charge in [0.1, 0.15) is 5.82 Å². The van der Waals surface area contributed by atoms with Crippen molar-refractivity contribution in [1.29, 1.82) is 0 Å². The molecule has 2 nitrogen and oxygen atoms in total. The molecule has 1 aromatic heterocycles. The zero-order valence-electron chi connectivity index (χ0n) is 16.0. The van der Waals surface area contributed by atoms with E-state index in [0.717, 1.165) is 29.7 Å². The van der Waals surface area contributed by atoms with Crippen LogP contribution >= 0.6 is 0 Å². The zero-order chi connectivity index (χ0) is 18.5. The zero-order valence-corrected chi connectivity index (χ0v) is 16.0. The van der Waals surface area contributed by atoms with Crippen molar-refractivity contribution in [1.82, 2.24) is 9.88 Å². The van der Waals surface area contributed by atoms with Gasteiger partial charge in [-0.2, -0.15) is 0 Å². The third-order valence-corrected chi connectivity index (χ3v) is 5.87. The highest BCUT2D eigenvalue weighted by Crippen LogP contribution is 2.23. The summed E-state index contributed by atoms with van der Waals surface area (Å²) >= 11 is 0. The number of H-pyrrole nitrogens is 1. The monoisotopic (exact) mass is 364 g/mol. The highest BCUT2D eigenvalue weighted by atomic mass is 19.1. The molecule has 1 atom stereocenters. The summed E-state index contributed by atoms with van der Waals surface area (Å²) in [4.78, 5) is 5.90. The molecule has 3 aromatic rings. The number of piperidine rings is 1. The van der Waals surface area contributed by atoms with Crippen molar-refractivity contribution in [3.8, 4) is 0 Å². The molecule has 0 bridgehead atoms. The van der Waals surface area contributed by atoms with E-state index in [0.29, 0.717) is 0 Å². The summed E-state index contributed by atoms with van der Waals surface area (Å²) in [7, 11) is 0. The van der Waals surface area contributed by atoms with Crippen LogP contribution in [-0.2, 0) is 12.8 Å². The number of nitrogens with zero attached hydrogens (tertiary/aromatic N) is 1. The lowest BCUT2D eigenvalue weighted by Gasteiger charge is -2.32. The van der Waals surface area contributed by atoms with Crippen molar-refractivity contribution < 1.29 is 4.39 Å². The second kappa shape index (κ2) is 8.71. The number of aryl methyl sites for hydroxylation is 1. The van der Waals surface area contributed by atoms with Crippen LogP contribution in [0.3, 0.4) is 0 Å². The van der Waals surface area contributed by atoms with Gasteiger partial charge in [0.2, 0.25) is 0 Å². The summed E-state index contributed by atoms with van der Waals surface area (Å²) < 4.78 is 13.5. The molecule has 0 unspecified atom stereocenters. The molecule has 2 aromatic carbocycles. The lowest BCUT2D eigenvalue weighted by molar-refractivity contribution is 0.171. The van der Waals surface area contributed by atoms with E-state index in [1.165, 1.54) is 62.5 Å². The number of likely N-dealkylation sites (tertiary alicyclic amines) is 1. The van der Waals surface area contributed by atoms with E-state index in [-0.39, 0.29) is 5.82 Å². The Morgan fingerprint density at radius 1 is 1.07 bits per heavy atom. The molecule has 3 heteroatoms. The van der Waals surface area contributed by atoms with Crippen LogP contribution in [-0.4, -0.2) is 29.5 Å². The molecule has 142 valence electrons. The van der Waals surface area contributed by atoms with Crippen LogP contribution in [0, 0.1) is 11.7 Å². The van der Waals surface area contributed by atoms with Gasteiger partial charge in [0.15, 0.2) is 0 Å². The Labute approximate surface area is 161 Å². The molecule has 0 amide bonds. The van der Waals surface area contributed by atoms with Gasteiger partial charge in [-0.1, -0.05) is 30.3 Å². The first-order valence-electron chi connectivity index (χ1n) is 10.3. The molecule has 0 saturated carbocycles. The minimum Gasteiger partial charge on any atom is -0.361 e. The summed E-state index contributed by atoms with van der Waals surface area (Å²) in [6.45, 7) is 3.65. The molecule has 1 aliphatic heterocycles. The van der Waals surface area contributed by atoms with Gasteiger partial charge in [0.25, 0.3) is 0 Å². The molecule has 1 saturated heterocycles. The maximum Gasteiger partial charge on any atom is 0.123 e. The molecule has 0 spiro atoms. The van der Waals surface area contributed by atoms with Crippen LogP contribution in [0.15, 0.2) is 54.7 Å². The fourth-order valence-electron chi connectivity index (χ4n) is 4.48. The Morgan fingerprint density at radius 2 is 1.96 bits per heavy atom. The predicted octanol–water partition coefficient (Wildman–Crippen LogP) is 5.58. The summed E-state index contributed by atoms with van der Waals surface area (Å²) in [5.41, 5.74) is 3.74. The van der Waals surface area contributed by atoms with Crippen LogP contribution in [0.5, 0.6) is 0 Å². The molecule has 27 heavy (non-hydrogen) atoms. The summed E-state index contributed by atoms with van der Waals surface area (Å²) in [6.07, 6.45) is 9.30. The highest BCUT2D eigenvalue weighted by molar-refractivity contribution is 5.83. The van der Waals surface area contributed by atoms with Gasteiger partial charge in [-0.25, -0.2) is 4.39 Å². The van der Waals surface area contributed by atoms with E-state index in [1.807, 2.05) is 12.3 Å². The number of unbranched alkanes of at least 4 members (excludes halogenated alkanes) is 1. The number of nitrogens with one attached hydrogen (secondary N) is 1. The Morgan fingerprint density at radius 3 is 2.85 bits per heavy atom. The number of hydrogen-bond acceptors (Lipinski definition) is 1. The average Bonchev–Trinajstić information content (AvgIpc) is 3.08. The van der Waals surface area contributed by atoms with E-state index in [9.17, 15) is 4.39 Å². The van der Waals surface area contributed by atoms with Gasteiger partial charge in [-0.05, 0) is 86.9 Å². The maximum absolute atomic E-state index is 13.5. The van der Waals surface area contributed by atoms with Gasteiger partial charge in [-0.3, -0.25) is 0 Å². The minimum atomic E-state index is -0.152. The van der Waals surface area contributed by atoms with Crippen LogP contribution in [0.1, 0.15) is 36.8 Å². The van der Waals surface area contributed by atoms with Crippen molar-refractivity contribution in [2.75, 3.05) is 19.6 Å². The highest BCUT2D eigenvalue weighted by Gasteiger charge is 2.19. The van der Waals surface area contributed by atoms with Gasteiger partial charge in [0.05, 0.1) is 0 Å². The first-order valence-corrected chi connectivity index (χ1v) is 10.3. The van der Waals surface area contributed by atoms with E-state index < -0.39 is 0 Å². The molecule has 2 heterocycles. The van der Waals surface area contributed by atoms with Gasteiger partial charge in [-0.15, -0.1) is 0 Å². The molecular formula is C24H29FN2. The average molecular weight is 365 g/mol. The fourth-order valence-corrected chi connectivity index (χ4v) is 4.48. The first kappa shape index (κ1) is 18.2. The number of halogens is 1. The van der Waals surface area contributed by atoms with Crippen LogP contribution in [0.25, 0.3) is 10.9 Å². The number of fused-ring (bicyclic) bond motifs is 1. The Kier molecular flexibility index (Phi) is 5.88. The lowest BCUT2D eigenvalue weighted by atomic mass is 9.91. The molecule has 4 rings (SSSR count). The summed E-state index contributed by atoms with van der Waals surface area (Å²) in [5.74, 6) is 0.638. The van der Waals surface area contributed by atoms with Crippen LogP contribution in [0.2, 0.25) is 0 Å². The van der Waals surface area contributed by atoms with E-state index in [4.69, 9.17) is 0 Å². The van der Waals surface area contributed by atoms with Crippen LogP contribution < -0.4 is 0 Å². The van der Waals surface area contributed by atoms with Gasteiger partial charge < -0.3 is 9.88 Å². The normalized spacial score (nSPS) is 18.2. The first-order chi connectivity index (χ1) is 13.3. The fraction of sp³-hybridized carbons (Fsp3) is 0.417. The number of aromatic nitrogens is 1. The van der Waals surface area contributed by atoms with Crippen molar-refractivity contribution in [3.63, 3.8) is 0 Å². The Bertz CT molecular complexity index is 855. The second-order valence-electron chi connectivity index (χ2n) is 7.96. The number of hydrogen-bond donors (Lipinski definition) is 1. The second-order valence-corrected chi connectivity index (χ2v) is 7.96. The lowest BCUT2D eigenvalue weighted by Crippen LogP contribution is -2.36. The van der Waals surface area contributed by atoms with Crippen molar-refractivity contribution >= 4 is 10.9 Å². The summed E-state index contributed by atoms with van der Waals surface area (Å²) in [5, 5.41) is 1.04. The Balaban J connectivity index is 1.23. The molecular weight excluding hydrogens is 335 g/mol. The topological polar surface area (TPSA) is 19.0 Å². The number of aromatic amines is 1. The quantitative estimate of drug-likeness (QED) is 0.542. The van der Waals surface area contributed by atoms with Crippen molar-refractivity contribution in [2.24, 2.45) is 5.92 Å². The van der Waals surface area contributed by atoms with E-state index in [2.05, 4.69) is 40.2 Å². The van der Waals surface area contributed by atoms with Gasteiger partial charge >= 0.3 is 0 Å². The van der Waals surface area contributed by atoms with Crippen molar-refractivity contribution in [3.05, 3.63) is 71.7 Å². The molecule has 0 radical (unpaired) electrons. The molecule has 1 fully saturated rings. The number of benzene rings is 2. The number of rotatable bonds is 7. The maximum atomic E-state index is 13.5. The van der Waals surface area contributed by atoms with Gasteiger partial charge in [0, 0.05) is 23.6 Å². The largest absolute Gasteiger partial charge is 0.361 e. The minimum absolute atomic E-state index is 0.152. The molecule has 1 N–H and O–H groups in total. The third kappa shape index (κ3) is 4.78. The van der Waals surface area contributed by atoms with E-state index >= 15 is 0 Å². The van der Waals surface area contributed by atoms with E-state index in [1.54, 1.807) is 6.07 Å². The van der Waals surface area contributed by atoms with Crippen LogP contribution in [0.4, 0.5) is 4.39 Å². The summed E-state index contributed by atoms with van der Waals surface area (Å²) in [6, 6.07) is 15.9. The van der Waals surface area contributed by atoms with Crippen molar-refractivity contribution in [2.45, 2.75) is 38.5 Å². The Hall–Kier alpha value is -2.13. The molecule has 1 aliphatic rings. The molecule has 0 aliphatic carbocycles.